The van der Waals surface area contributed by atoms with Crippen LogP contribution < -0.4 is 9.80 Å². The number of benzene rings is 1. The van der Waals surface area contributed by atoms with Crippen LogP contribution in [0.4, 0.5) is 11.4 Å². The predicted molar refractivity (Wildman–Crippen MR) is 74.1 cm³/mol. The van der Waals surface area contributed by atoms with Crippen LogP contribution in [0.1, 0.15) is 12.0 Å². The molecule has 0 saturated carbocycles. The van der Waals surface area contributed by atoms with E-state index in [-0.39, 0.29) is 18.9 Å². The molecule has 0 saturated heterocycles. The third kappa shape index (κ3) is 2.66. The fraction of sp³-hybridized carbons (Fsp3) is 0.385. The minimum absolute atomic E-state index is 0.0456. The maximum atomic E-state index is 11.9. The van der Waals surface area contributed by atoms with Gasteiger partial charge in [0, 0.05) is 25.0 Å². The summed E-state index contributed by atoms with van der Waals surface area (Å²) in [5.74, 6) is -0.965. The molecule has 1 aliphatic rings. The summed E-state index contributed by atoms with van der Waals surface area (Å²) in [5, 5.41) is 9.53. The number of aliphatic carboxylic acids is 1. The number of fused-ring (bicyclic) bond motifs is 1. The van der Waals surface area contributed by atoms with Crippen molar-refractivity contribution >= 4 is 34.9 Å². The highest BCUT2D eigenvalue weighted by Gasteiger charge is 2.26. The first kappa shape index (κ1) is 13.7. The zero-order chi connectivity index (χ0) is 14.2. The van der Waals surface area contributed by atoms with Gasteiger partial charge in [-0.1, -0.05) is 11.6 Å². The summed E-state index contributed by atoms with van der Waals surface area (Å²) in [6.07, 6.45) is 0.287. The fourth-order valence-corrected chi connectivity index (χ4v) is 2.62. The quantitative estimate of drug-likeness (QED) is 0.900. The molecule has 1 N–H and O–H groups in total. The Morgan fingerprint density at radius 2 is 2.16 bits per heavy atom. The Labute approximate surface area is 116 Å². The molecule has 2 rings (SSSR count). The number of carbonyl (C=O) groups excluding carboxylic acids is 1. The van der Waals surface area contributed by atoms with Crippen molar-refractivity contribution in [1.82, 2.24) is 0 Å². The van der Waals surface area contributed by atoms with Gasteiger partial charge in [-0.05, 0) is 24.6 Å². The second-order valence-electron chi connectivity index (χ2n) is 4.61. The molecule has 0 unspecified atom stereocenters. The predicted octanol–water partition coefficient (Wildman–Crippen LogP) is 1.91. The van der Waals surface area contributed by atoms with Crippen LogP contribution in [0.3, 0.4) is 0 Å². The molecule has 0 aromatic heterocycles. The summed E-state index contributed by atoms with van der Waals surface area (Å²) in [7, 11) is 1.68. The highest BCUT2D eigenvalue weighted by atomic mass is 35.5. The molecule has 0 fully saturated rings. The van der Waals surface area contributed by atoms with Crippen molar-refractivity contribution in [1.29, 1.82) is 0 Å². The van der Waals surface area contributed by atoms with Gasteiger partial charge in [-0.25, -0.2) is 0 Å². The minimum atomic E-state index is -0.919. The van der Waals surface area contributed by atoms with Gasteiger partial charge in [-0.2, -0.15) is 0 Å². The standard InChI is InChI=1S/C13H15ClN2O3/c1-8-5-9(14)6-10-13(8)16(7-12(18)19)4-3-11(17)15(10)2/h5-6H,3-4,7H2,1-2H3,(H,18,19). The van der Waals surface area contributed by atoms with Crippen molar-refractivity contribution in [2.24, 2.45) is 0 Å². The number of anilines is 2. The molecule has 1 aromatic rings. The lowest BCUT2D eigenvalue weighted by molar-refractivity contribution is -0.135. The van der Waals surface area contributed by atoms with Gasteiger partial charge in [-0.3, -0.25) is 9.59 Å². The van der Waals surface area contributed by atoms with Gasteiger partial charge in [0.1, 0.15) is 6.54 Å². The van der Waals surface area contributed by atoms with E-state index in [2.05, 4.69) is 0 Å². The van der Waals surface area contributed by atoms with Crippen molar-refractivity contribution < 1.29 is 14.7 Å². The zero-order valence-electron chi connectivity index (χ0n) is 10.8. The van der Waals surface area contributed by atoms with E-state index in [0.29, 0.717) is 17.3 Å². The second kappa shape index (κ2) is 5.09. The lowest BCUT2D eigenvalue weighted by Crippen LogP contribution is -2.31. The van der Waals surface area contributed by atoms with Gasteiger partial charge in [0.05, 0.1) is 11.4 Å². The van der Waals surface area contributed by atoms with E-state index in [0.717, 1.165) is 11.3 Å². The van der Waals surface area contributed by atoms with Gasteiger partial charge in [0.25, 0.3) is 0 Å². The van der Waals surface area contributed by atoms with Gasteiger partial charge < -0.3 is 14.9 Å². The number of halogens is 1. The average Bonchev–Trinajstić information content (AvgIpc) is 2.41. The summed E-state index contributed by atoms with van der Waals surface area (Å²) in [4.78, 5) is 26.2. The topological polar surface area (TPSA) is 60.9 Å². The average molecular weight is 283 g/mol. The number of nitrogens with zero attached hydrogens (tertiary/aromatic N) is 2. The monoisotopic (exact) mass is 282 g/mol. The van der Waals surface area contributed by atoms with Crippen LogP contribution in [0.15, 0.2) is 12.1 Å². The molecule has 6 heteroatoms. The number of carbonyl (C=O) groups is 2. The van der Waals surface area contributed by atoms with E-state index < -0.39 is 5.97 Å². The van der Waals surface area contributed by atoms with Crippen LogP contribution in [0.5, 0.6) is 0 Å². The number of carboxylic acids is 1. The van der Waals surface area contributed by atoms with Gasteiger partial charge in [0.15, 0.2) is 0 Å². The van der Waals surface area contributed by atoms with Crippen molar-refractivity contribution in [2.45, 2.75) is 13.3 Å². The lowest BCUT2D eigenvalue weighted by atomic mass is 10.1. The Hall–Kier alpha value is -1.75. The molecule has 1 aromatic carbocycles. The van der Waals surface area contributed by atoms with Crippen LogP contribution in [0.2, 0.25) is 5.02 Å². The molecule has 1 heterocycles. The molecule has 102 valence electrons. The fourth-order valence-electron chi connectivity index (χ4n) is 2.35. The van der Waals surface area contributed by atoms with E-state index in [9.17, 15) is 9.59 Å². The zero-order valence-corrected chi connectivity index (χ0v) is 11.6. The van der Waals surface area contributed by atoms with E-state index in [1.54, 1.807) is 24.1 Å². The van der Waals surface area contributed by atoms with Gasteiger partial charge in [0.2, 0.25) is 5.91 Å². The van der Waals surface area contributed by atoms with Crippen LogP contribution in [0, 0.1) is 6.92 Å². The van der Waals surface area contributed by atoms with Crippen molar-refractivity contribution in [3.05, 3.63) is 22.7 Å². The van der Waals surface area contributed by atoms with Gasteiger partial charge in [-0.15, -0.1) is 0 Å². The summed E-state index contributed by atoms with van der Waals surface area (Å²) in [6.45, 7) is 2.13. The molecule has 1 aliphatic heterocycles. The molecule has 0 radical (unpaired) electrons. The van der Waals surface area contributed by atoms with E-state index >= 15 is 0 Å². The Morgan fingerprint density at radius 1 is 1.47 bits per heavy atom. The van der Waals surface area contributed by atoms with Gasteiger partial charge >= 0.3 is 5.97 Å². The SMILES string of the molecule is Cc1cc(Cl)cc2c1N(CC(=O)O)CCC(=O)N2C. The number of amides is 1. The number of rotatable bonds is 2. The van der Waals surface area contributed by atoms with E-state index in [4.69, 9.17) is 16.7 Å². The molecule has 1 amide bonds. The number of aryl methyl sites for hydroxylation is 1. The second-order valence-corrected chi connectivity index (χ2v) is 5.04. The minimum Gasteiger partial charge on any atom is -0.480 e. The maximum absolute atomic E-state index is 11.9. The first-order valence-corrected chi connectivity index (χ1v) is 6.31. The van der Waals surface area contributed by atoms with Crippen molar-refractivity contribution in [3.8, 4) is 0 Å². The molecule has 0 atom stereocenters. The van der Waals surface area contributed by atoms with Crippen LogP contribution in [0.25, 0.3) is 0 Å². The maximum Gasteiger partial charge on any atom is 0.323 e. The Morgan fingerprint density at radius 3 is 2.79 bits per heavy atom. The molecular weight excluding hydrogens is 268 g/mol. The lowest BCUT2D eigenvalue weighted by Gasteiger charge is -2.26. The summed E-state index contributed by atoms with van der Waals surface area (Å²) in [5.41, 5.74) is 2.29. The smallest absolute Gasteiger partial charge is 0.323 e. The highest BCUT2D eigenvalue weighted by Crippen LogP contribution is 2.37. The normalized spacial score (nSPS) is 15.2. The summed E-state index contributed by atoms with van der Waals surface area (Å²) >= 11 is 6.03. The molecular formula is C13H15ClN2O3. The number of carboxylic acid groups (broad SMARTS) is 1. The van der Waals surface area contributed by atoms with Crippen LogP contribution >= 0.6 is 11.6 Å². The molecule has 0 bridgehead atoms. The highest BCUT2D eigenvalue weighted by molar-refractivity contribution is 6.31. The van der Waals surface area contributed by atoms with Crippen molar-refractivity contribution in [2.75, 3.05) is 29.9 Å². The molecule has 0 aliphatic carbocycles. The van der Waals surface area contributed by atoms with E-state index in [1.165, 1.54) is 4.90 Å². The molecule has 5 nitrogen and oxygen atoms in total. The Balaban J connectivity index is 2.57. The first-order valence-electron chi connectivity index (χ1n) is 5.93. The first-order chi connectivity index (χ1) is 8.90. The summed E-state index contributed by atoms with van der Waals surface area (Å²) < 4.78 is 0. The largest absolute Gasteiger partial charge is 0.480 e. The van der Waals surface area contributed by atoms with Crippen LogP contribution in [-0.4, -0.2) is 37.1 Å². The molecule has 0 spiro atoms. The third-order valence-electron chi connectivity index (χ3n) is 3.22. The summed E-state index contributed by atoms with van der Waals surface area (Å²) in [6, 6.07) is 3.47. The molecule has 19 heavy (non-hydrogen) atoms. The number of hydrogen-bond acceptors (Lipinski definition) is 3. The Bertz CT molecular complexity index is 545. The van der Waals surface area contributed by atoms with Crippen LogP contribution in [-0.2, 0) is 9.59 Å². The van der Waals surface area contributed by atoms with Crippen molar-refractivity contribution in [3.63, 3.8) is 0 Å². The number of hydrogen-bond donors (Lipinski definition) is 1. The Kier molecular flexibility index (Phi) is 3.66. The third-order valence-corrected chi connectivity index (χ3v) is 3.44. The van der Waals surface area contributed by atoms with E-state index in [1.807, 2.05) is 6.92 Å².